The second kappa shape index (κ2) is 8.21. The third kappa shape index (κ3) is 4.75. The van der Waals surface area contributed by atoms with Gasteiger partial charge in [0.2, 0.25) is 10.0 Å². The van der Waals surface area contributed by atoms with E-state index >= 15 is 0 Å². The summed E-state index contributed by atoms with van der Waals surface area (Å²) in [5.41, 5.74) is 5.61. The molecule has 20 heavy (non-hydrogen) atoms. The largest absolute Gasteiger partial charge is 0.489 e. The summed E-state index contributed by atoms with van der Waals surface area (Å²) in [6.07, 6.45) is 0.408. The van der Waals surface area contributed by atoms with Crippen LogP contribution in [0.15, 0.2) is 41.1 Å². The van der Waals surface area contributed by atoms with Crippen molar-refractivity contribution in [2.45, 2.75) is 4.90 Å². The van der Waals surface area contributed by atoms with Crippen LogP contribution in [0.2, 0.25) is 0 Å². The van der Waals surface area contributed by atoms with Gasteiger partial charge >= 0.3 is 0 Å². The Morgan fingerprint density at radius 1 is 1.35 bits per heavy atom. The Bertz CT molecular complexity index is 544. The maximum Gasteiger partial charge on any atom is 0.242 e. The average molecular weight is 325 g/mol. The van der Waals surface area contributed by atoms with Gasteiger partial charge in [-0.05, 0) is 24.3 Å². The molecular weight excluding hydrogens is 307 g/mol. The van der Waals surface area contributed by atoms with Crippen molar-refractivity contribution in [1.82, 2.24) is 4.31 Å². The minimum absolute atomic E-state index is 0. The topological polar surface area (TPSA) is 72.6 Å². The quantitative estimate of drug-likeness (QED) is 0.861. The third-order valence-corrected chi connectivity index (χ3v) is 4.27. The van der Waals surface area contributed by atoms with E-state index in [2.05, 4.69) is 0 Å². The molecule has 0 bridgehead atoms. The Morgan fingerprint density at radius 3 is 2.30 bits per heavy atom. The molecule has 0 saturated heterocycles. The first-order valence-electron chi connectivity index (χ1n) is 5.55. The molecule has 1 aromatic rings. The van der Waals surface area contributed by atoms with Crippen LogP contribution in [-0.2, 0) is 10.0 Å². The zero-order chi connectivity index (χ0) is 14.5. The summed E-state index contributed by atoms with van der Waals surface area (Å²) < 4.78 is 42.3. The minimum atomic E-state index is -3.45. The van der Waals surface area contributed by atoms with Gasteiger partial charge in [0, 0.05) is 26.2 Å². The monoisotopic (exact) mass is 324 g/mol. The van der Waals surface area contributed by atoms with Crippen molar-refractivity contribution in [1.29, 1.82) is 0 Å². The highest BCUT2D eigenvalue weighted by atomic mass is 35.5. The van der Waals surface area contributed by atoms with E-state index in [-0.39, 0.29) is 30.5 Å². The van der Waals surface area contributed by atoms with Crippen LogP contribution in [0.5, 0.6) is 5.75 Å². The molecule has 5 nitrogen and oxygen atoms in total. The molecule has 0 aliphatic rings. The zero-order valence-corrected chi connectivity index (χ0v) is 12.9. The molecular formula is C12H18ClFN2O3S. The van der Waals surface area contributed by atoms with Crippen molar-refractivity contribution < 1.29 is 17.5 Å². The van der Waals surface area contributed by atoms with Gasteiger partial charge in [-0.3, -0.25) is 0 Å². The Kier molecular flexibility index (Phi) is 7.74. The number of halogens is 2. The molecule has 0 radical (unpaired) electrons. The summed E-state index contributed by atoms with van der Waals surface area (Å²) in [6, 6.07) is 5.91. The first-order valence-corrected chi connectivity index (χ1v) is 6.99. The van der Waals surface area contributed by atoms with Crippen LogP contribution in [0.3, 0.4) is 0 Å². The van der Waals surface area contributed by atoms with Crippen LogP contribution in [0.1, 0.15) is 0 Å². The molecule has 0 saturated carbocycles. The molecule has 114 valence electrons. The minimum Gasteiger partial charge on any atom is -0.489 e. The molecule has 8 heteroatoms. The van der Waals surface area contributed by atoms with E-state index in [9.17, 15) is 12.8 Å². The van der Waals surface area contributed by atoms with Crippen molar-refractivity contribution >= 4 is 22.4 Å². The smallest absolute Gasteiger partial charge is 0.242 e. The summed E-state index contributed by atoms with van der Waals surface area (Å²) in [5.74, 6) is 0.450. The number of sulfonamides is 1. The van der Waals surface area contributed by atoms with Gasteiger partial charge in [0.1, 0.15) is 12.4 Å². The molecule has 1 aromatic carbocycles. The van der Waals surface area contributed by atoms with Gasteiger partial charge in [0.15, 0.2) is 0 Å². The van der Waals surface area contributed by atoms with Crippen LogP contribution in [0, 0.1) is 0 Å². The molecule has 0 fully saturated rings. The fourth-order valence-corrected chi connectivity index (χ4v) is 2.13. The first-order chi connectivity index (χ1) is 8.91. The van der Waals surface area contributed by atoms with Gasteiger partial charge in [-0.15, -0.1) is 12.4 Å². The van der Waals surface area contributed by atoms with Gasteiger partial charge in [-0.2, -0.15) is 0 Å². The molecule has 0 aromatic heterocycles. The summed E-state index contributed by atoms with van der Waals surface area (Å²) in [7, 11) is -0.533. The summed E-state index contributed by atoms with van der Waals surface area (Å²) in [6.45, 7) is 0.108. The van der Waals surface area contributed by atoms with Crippen LogP contribution >= 0.6 is 12.4 Å². The van der Waals surface area contributed by atoms with Gasteiger partial charge in [-0.25, -0.2) is 17.1 Å². The lowest BCUT2D eigenvalue weighted by molar-refractivity contribution is 0.347. The number of benzene rings is 1. The fraction of sp³-hybridized carbons (Fsp3) is 0.333. The second-order valence-electron chi connectivity index (χ2n) is 4.02. The fourth-order valence-electron chi connectivity index (χ4n) is 1.23. The first kappa shape index (κ1) is 18.9. The maximum atomic E-state index is 12.3. The number of hydrogen-bond acceptors (Lipinski definition) is 4. The molecule has 0 aliphatic carbocycles. The lowest BCUT2D eigenvalue weighted by Gasteiger charge is -2.12. The highest BCUT2D eigenvalue weighted by Gasteiger charge is 2.16. The highest BCUT2D eigenvalue weighted by Crippen LogP contribution is 2.18. The SMILES string of the molecule is CN(C)S(=O)(=O)c1ccc(OC/C(=C\F)CN)cc1.Cl. The maximum absolute atomic E-state index is 12.3. The van der Waals surface area contributed by atoms with E-state index in [1.807, 2.05) is 0 Å². The van der Waals surface area contributed by atoms with Crippen LogP contribution in [0.25, 0.3) is 0 Å². The summed E-state index contributed by atoms with van der Waals surface area (Å²) in [5, 5.41) is 0. The van der Waals surface area contributed by atoms with Crippen LogP contribution in [0.4, 0.5) is 4.39 Å². The predicted octanol–water partition coefficient (Wildman–Crippen LogP) is 1.55. The lowest BCUT2D eigenvalue weighted by atomic mass is 10.3. The lowest BCUT2D eigenvalue weighted by Crippen LogP contribution is -2.22. The van der Waals surface area contributed by atoms with Crippen molar-refractivity contribution in [2.24, 2.45) is 5.73 Å². The van der Waals surface area contributed by atoms with E-state index < -0.39 is 10.0 Å². The highest BCUT2D eigenvalue weighted by molar-refractivity contribution is 7.89. The zero-order valence-electron chi connectivity index (χ0n) is 11.2. The predicted molar refractivity (Wildman–Crippen MR) is 78.3 cm³/mol. The number of ether oxygens (including phenoxy) is 1. The van der Waals surface area contributed by atoms with E-state index in [0.717, 1.165) is 4.31 Å². The second-order valence-corrected chi connectivity index (χ2v) is 6.17. The molecule has 0 spiro atoms. The standard InChI is InChI=1S/C12H17FN2O3S.ClH/c1-15(2)19(16,17)12-5-3-11(4-6-12)18-9-10(7-13)8-14;/h3-7H,8-9,14H2,1-2H3;1H/b10-7-;. The Morgan fingerprint density at radius 2 is 1.90 bits per heavy atom. The molecule has 0 unspecified atom stereocenters. The molecule has 0 amide bonds. The van der Waals surface area contributed by atoms with Crippen molar-refractivity contribution in [3.63, 3.8) is 0 Å². The normalized spacial score (nSPS) is 12.2. The third-order valence-electron chi connectivity index (χ3n) is 2.44. The Labute approximate surface area is 124 Å². The molecule has 0 atom stereocenters. The number of hydrogen-bond donors (Lipinski definition) is 1. The van der Waals surface area contributed by atoms with Crippen LogP contribution in [-0.4, -0.2) is 40.0 Å². The van der Waals surface area contributed by atoms with E-state index in [4.69, 9.17) is 10.5 Å². The summed E-state index contributed by atoms with van der Waals surface area (Å²) >= 11 is 0. The summed E-state index contributed by atoms with van der Waals surface area (Å²) in [4.78, 5) is 0.171. The van der Waals surface area contributed by atoms with Crippen molar-refractivity contribution in [3.05, 3.63) is 36.2 Å². The van der Waals surface area contributed by atoms with Gasteiger partial charge < -0.3 is 10.5 Å². The number of nitrogens with zero attached hydrogens (tertiary/aromatic N) is 1. The van der Waals surface area contributed by atoms with E-state index in [1.165, 1.54) is 38.4 Å². The van der Waals surface area contributed by atoms with Crippen molar-refractivity contribution in [2.75, 3.05) is 27.2 Å². The van der Waals surface area contributed by atoms with Crippen LogP contribution < -0.4 is 10.5 Å². The number of rotatable bonds is 6. The van der Waals surface area contributed by atoms with Crippen molar-refractivity contribution in [3.8, 4) is 5.75 Å². The van der Waals surface area contributed by atoms with Gasteiger partial charge in [-0.1, -0.05) is 0 Å². The number of nitrogens with two attached hydrogens (primary N) is 1. The Hall–Kier alpha value is -1.15. The molecule has 0 aliphatic heterocycles. The van der Waals surface area contributed by atoms with Gasteiger partial charge in [0.05, 0.1) is 11.2 Å². The van der Waals surface area contributed by atoms with Gasteiger partial charge in [0.25, 0.3) is 0 Å². The Balaban J connectivity index is 0.00000361. The van der Waals surface area contributed by atoms with E-state index in [0.29, 0.717) is 17.7 Å². The molecule has 1 rings (SSSR count). The molecule has 0 heterocycles. The van der Waals surface area contributed by atoms with E-state index in [1.54, 1.807) is 0 Å². The average Bonchev–Trinajstić information content (AvgIpc) is 2.40. The molecule has 2 N–H and O–H groups in total.